The lowest BCUT2D eigenvalue weighted by molar-refractivity contribution is -0.116. The van der Waals surface area contributed by atoms with Crippen molar-refractivity contribution in [1.29, 1.82) is 5.26 Å². The van der Waals surface area contributed by atoms with Gasteiger partial charge in [0.05, 0.1) is 6.07 Å². The molecule has 0 spiro atoms. The molecule has 0 rings (SSSR count). The number of hydrogen-bond donors (Lipinski definition) is 0. The van der Waals surface area contributed by atoms with Crippen molar-refractivity contribution in [3.8, 4) is 6.07 Å². The Morgan fingerprint density at radius 2 is 2.27 bits per heavy atom. The molecule has 0 amide bonds. The van der Waals surface area contributed by atoms with Crippen LogP contribution in [0.25, 0.3) is 0 Å². The zero-order valence-corrected chi connectivity index (χ0v) is 7.62. The molecule has 0 saturated carbocycles. The molecule has 0 bridgehead atoms. The Bertz CT molecular complexity index is 151. The van der Waals surface area contributed by atoms with Crippen molar-refractivity contribution in [3.63, 3.8) is 0 Å². The minimum atomic E-state index is 0.248. The van der Waals surface area contributed by atoms with Gasteiger partial charge in [0.2, 0.25) is 0 Å². The molecule has 62 valence electrons. The number of carbonyl (C=O) groups is 1. The quantitative estimate of drug-likeness (QED) is 0.574. The smallest absolute Gasteiger partial charge is 0.130 e. The summed E-state index contributed by atoms with van der Waals surface area (Å²) in [6.07, 6.45) is 2.24. The summed E-state index contributed by atoms with van der Waals surface area (Å²) < 4.78 is 0. The molecule has 2 nitrogen and oxygen atoms in total. The fraction of sp³-hybridized carbons (Fsp3) is 0.750. The first kappa shape index (κ1) is 10.5. The monoisotopic (exact) mass is 171 g/mol. The highest BCUT2D eigenvalue weighted by Crippen LogP contribution is 2.05. The number of unbranched alkanes of at least 4 members (excludes halogenated alkanes) is 1. The first-order chi connectivity index (χ1) is 5.27. The number of nitriles is 1. The van der Waals surface area contributed by atoms with Crippen LogP contribution in [0.4, 0.5) is 0 Å². The van der Waals surface area contributed by atoms with E-state index in [1.165, 1.54) is 0 Å². The third-order valence-electron chi connectivity index (χ3n) is 1.18. The van der Waals surface area contributed by atoms with Gasteiger partial charge in [0.1, 0.15) is 5.78 Å². The van der Waals surface area contributed by atoms with Gasteiger partial charge >= 0.3 is 0 Å². The van der Waals surface area contributed by atoms with Crippen molar-refractivity contribution in [2.75, 3.05) is 11.5 Å². The van der Waals surface area contributed by atoms with Crippen LogP contribution in [0.5, 0.6) is 0 Å². The first-order valence-electron chi connectivity index (χ1n) is 3.71. The van der Waals surface area contributed by atoms with E-state index in [2.05, 4.69) is 6.07 Å². The summed E-state index contributed by atoms with van der Waals surface area (Å²) in [5.74, 6) is 2.15. The molecule has 0 atom stereocenters. The number of carbonyl (C=O) groups excluding carboxylic acids is 1. The fourth-order valence-electron chi connectivity index (χ4n) is 0.571. The lowest BCUT2D eigenvalue weighted by atomic mass is 10.4. The van der Waals surface area contributed by atoms with E-state index in [1.54, 1.807) is 18.7 Å². The highest BCUT2D eigenvalue weighted by molar-refractivity contribution is 7.99. The van der Waals surface area contributed by atoms with E-state index in [9.17, 15) is 4.79 Å². The molecule has 11 heavy (non-hydrogen) atoms. The van der Waals surface area contributed by atoms with E-state index in [0.29, 0.717) is 12.8 Å². The Balaban J connectivity index is 2.92. The van der Waals surface area contributed by atoms with E-state index >= 15 is 0 Å². The normalized spacial score (nSPS) is 9.09. The standard InChI is InChI=1S/C8H13NOS/c1-8(10)4-7-11-6-3-2-5-9/h2-4,6-7H2,1H3. The average molecular weight is 171 g/mol. The van der Waals surface area contributed by atoms with Crippen molar-refractivity contribution < 1.29 is 4.79 Å². The molecule has 0 aromatic rings. The van der Waals surface area contributed by atoms with Gasteiger partial charge in [-0.3, -0.25) is 4.79 Å². The van der Waals surface area contributed by atoms with Gasteiger partial charge in [0, 0.05) is 18.6 Å². The molecule has 0 aliphatic heterocycles. The van der Waals surface area contributed by atoms with Crippen LogP contribution in [0.3, 0.4) is 0 Å². The average Bonchev–Trinajstić information content (AvgIpc) is 1.96. The third-order valence-corrected chi connectivity index (χ3v) is 2.25. The van der Waals surface area contributed by atoms with E-state index in [-0.39, 0.29) is 5.78 Å². The molecule has 0 heterocycles. The van der Waals surface area contributed by atoms with Crippen LogP contribution in [-0.2, 0) is 4.79 Å². The maximum Gasteiger partial charge on any atom is 0.130 e. The Morgan fingerprint density at radius 3 is 2.82 bits per heavy atom. The number of ketones is 1. The van der Waals surface area contributed by atoms with Gasteiger partial charge < -0.3 is 0 Å². The van der Waals surface area contributed by atoms with Crippen molar-refractivity contribution in [3.05, 3.63) is 0 Å². The van der Waals surface area contributed by atoms with Gasteiger partial charge in [-0.25, -0.2) is 0 Å². The Morgan fingerprint density at radius 1 is 1.55 bits per heavy atom. The number of hydrogen-bond acceptors (Lipinski definition) is 3. The molecule has 0 aromatic carbocycles. The largest absolute Gasteiger partial charge is 0.300 e. The summed E-state index contributed by atoms with van der Waals surface area (Å²) in [5, 5.41) is 8.20. The predicted molar refractivity (Wildman–Crippen MR) is 47.5 cm³/mol. The first-order valence-corrected chi connectivity index (χ1v) is 4.87. The molecule has 0 unspecified atom stereocenters. The second-order valence-corrected chi connectivity index (χ2v) is 3.55. The summed E-state index contributed by atoms with van der Waals surface area (Å²) in [7, 11) is 0. The maximum absolute atomic E-state index is 10.5. The number of nitrogens with zero attached hydrogens (tertiary/aromatic N) is 1. The molecule has 0 radical (unpaired) electrons. The summed E-state index contributed by atoms with van der Waals surface area (Å²) >= 11 is 1.75. The van der Waals surface area contributed by atoms with Crippen LogP contribution in [0.15, 0.2) is 0 Å². The number of Topliss-reactive ketones (excluding diaryl/α,β-unsaturated/α-hetero) is 1. The minimum absolute atomic E-state index is 0.248. The lowest BCUT2D eigenvalue weighted by Gasteiger charge is -1.95. The summed E-state index contributed by atoms with van der Waals surface area (Å²) in [6, 6.07) is 2.09. The van der Waals surface area contributed by atoms with Crippen molar-refractivity contribution in [2.45, 2.75) is 26.2 Å². The zero-order chi connectivity index (χ0) is 8.53. The number of thioether (sulfide) groups is 1. The van der Waals surface area contributed by atoms with Crippen LogP contribution < -0.4 is 0 Å². The highest BCUT2D eigenvalue weighted by Gasteiger charge is 1.93. The lowest BCUT2D eigenvalue weighted by Crippen LogP contribution is -1.92. The summed E-state index contributed by atoms with van der Waals surface area (Å²) in [5.41, 5.74) is 0. The van der Waals surface area contributed by atoms with Crippen LogP contribution in [-0.4, -0.2) is 17.3 Å². The van der Waals surface area contributed by atoms with E-state index in [0.717, 1.165) is 17.9 Å². The van der Waals surface area contributed by atoms with Crippen LogP contribution >= 0.6 is 11.8 Å². The molecular formula is C8H13NOS. The van der Waals surface area contributed by atoms with Crippen LogP contribution in [0.2, 0.25) is 0 Å². The molecular weight excluding hydrogens is 158 g/mol. The Kier molecular flexibility index (Phi) is 7.28. The van der Waals surface area contributed by atoms with E-state index < -0.39 is 0 Å². The third kappa shape index (κ3) is 9.51. The fourth-order valence-corrected chi connectivity index (χ4v) is 1.56. The highest BCUT2D eigenvalue weighted by atomic mass is 32.2. The molecule has 0 N–H and O–H groups in total. The van der Waals surface area contributed by atoms with Gasteiger partial charge in [-0.1, -0.05) is 0 Å². The number of rotatable bonds is 6. The molecule has 0 saturated heterocycles. The second kappa shape index (κ2) is 7.62. The van der Waals surface area contributed by atoms with Crippen molar-refractivity contribution >= 4 is 17.5 Å². The second-order valence-electron chi connectivity index (χ2n) is 2.33. The molecule has 0 aliphatic rings. The summed E-state index contributed by atoms with van der Waals surface area (Å²) in [4.78, 5) is 10.5. The van der Waals surface area contributed by atoms with Crippen molar-refractivity contribution in [1.82, 2.24) is 0 Å². The summed E-state index contributed by atoms with van der Waals surface area (Å²) in [6.45, 7) is 1.61. The molecule has 3 heteroatoms. The molecule has 0 aromatic heterocycles. The Hall–Kier alpha value is -0.490. The van der Waals surface area contributed by atoms with E-state index in [1.807, 2.05) is 0 Å². The minimum Gasteiger partial charge on any atom is -0.300 e. The van der Waals surface area contributed by atoms with Crippen molar-refractivity contribution in [2.24, 2.45) is 0 Å². The van der Waals surface area contributed by atoms with Gasteiger partial charge in [0.15, 0.2) is 0 Å². The van der Waals surface area contributed by atoms with Crippen LogP contribution in [0, 0.1) is 11.3 Å². The topological polar surface area (TPSA) is 40.9 Å². The van der Waals surface area contributed by atoms with Gasteiger partial charge in [0.25, 0.3) is 0 Å². The van der Waals surface area contributed by atoms with Crippen LogP contribution in [0.1, 0.15) is 26.2 Å². The predicted octanol–water partition coefficient (Wildman–Crippen LogP) is 2.00. The van der Waals surface area contributed by atoms with Gasteiger partial charge in [-0.15, -0.1) is 0 Å². The van der Waals surface area contributed by atoms with Gasteiger partial charge in [-0.2, -0.15) is 17.0 Å². The molecule has 0 aliphatic carbocycles. The maximum atomic E-state index is 10.5. The SMILES string of the molecule is CC(=O)CCSCCCC#N. The molecule has 0 fully saturated rings. The van der Waals surface area contributed by atoms with Gasteiger partial charge in [-0.05, 0) is 19.1 Å². The zero-order valence-electron chi connectivity index (χ0n) is 6.80. The Labute approximate surface area is 72.0 Å². The van der Waals surface area contributed by atoms with E-state index in [4.69, 9.17) is 5.26 Å².